The van der Waals surface area contributed by atoms with Crippen LogP contribution in [0.5, 0.6) is 0 Å². The summed E-state index contributed by atoms with van der Waals surface area (Å²) in [5.74, 6) is -0.0921. The maximum atomic E-state index is 11.9. The van der Waals surface area contributed by atoms with Crippen LogP contribution in [0.3, 0.4) is 0 Å². The SMILES string of the molecule is CCc1cccc(NC(=O)CN(C)CCC(=O)NC)c1. The zero-order chi connectivity index (χ0) is 15.0. The quantitative estimate of drug-likeness (QED) is 0.788. The molecule has 0 unspecified atom stereocenters. The van der Waals surface area contributed by atoms with Crippen LogP contribution >= 0.6 is 0 Å². The van der Waals surface area contributed by atoms with Gasteiger partial charge in [0.05, 0.1) is 6.54 Å². The predicted molar refractivity (Wildman–Crippen MR) is 80.6 cm³/mol. The minimum absolute atomic E-state index is 0.0205. The van der Waals surface area contributed by atoms with Gasteiger partial charge in [-0.2, -0.15) is 0 Å². The summed E-state index contributed by atoms with van der Waals surface area (Å²) < 4.78 is 0. The summed E-state index contributed by atoms with van der Waals surface area (Å²) >= 11 is 0. The van der Waals surface area contributed by atoms with E-state index in [1.165, 1.54) is 5.56 Å². The van der Waals surface area contributed by atoms with Crippen LogP contribution in [-0.4, -0.2) is 43.9 Å². The van der Waals surface area contributed by atoms with Crippen LogP contribution in [0.4, 0.5) is 5.69 Å². The molecule has 0 heterocycles. The van der Waals surface area contributed by atoms with Crippen molar-refractivity contribution in [3.05, 3.63) is 29.8 Å². The minimum atomic E-state index is -0.0716. The van der Waals surface area contributed by atoms with Crippen LogP contribution in [0.2, 0.25) is 0 Å². The molecule has 0 fully saturated rings. The van der Waals surface area contributed by atoms with Gasteiger partial charge in [-0.3, -0.25) is 14.5 Å². The molecule has 0 aliphatic rings. The topological polar surface area (TPSA) is 61.4 Å². The second-order valence-corrected chi connectivity index (χ2v) is 4.76. The third-order valence-corrected chi connectivity index (χ3v) is 3.03. The maximum Gasteiger partial charge on any atom is 0.238 e. The molecule has 0 bridgehead atoms. The fourth-order valence-corrected chi connectivity index (χ4v) is 1.81. The minimum Gasteiger partial charge on any atom is -0.359 e. The third-order valence-electron chi connectivity index (χ3n) is 3.03. The second kappa shape index (κ2) is 8.32. The fourth-order valence-electron chi connectivity index (χ4n) is 1.81. The van der Waals surface area contributed by atoms with E-state index in [4.69, 9.17) is 0 Å². The van der Waals surface area contributed by atoms with Crippen LogP contribution in [0.25, 0.3) is 0 Å². The molecule has 1 aromatic carbocycles. The van der Waals surface area contributed by atoms with Crippen molar-refractivity contribution >= 4 is 17.5 Å². The van der Waals surface area contributed by atoms with Gasteiger partial charge in [-0.25, -0.2) is 0 Å². The van der Waals surface area contributed by atoms with E-state index < -0.39 is 0 Å². The highest BCUT2D eigenvalue weighted by molar-refractivity contribution is 5.92. The smallest absolute Gasteiger partial charge is 0.238 e. The molecule has 110 valence electrons. The number of nitrogens with one attached hydrogen (secondary N) is 2. The van der Waals surface area contributed by atoms with E-state index in [2.05, 4.69) is 17.6 Å². The number of carbonyl (C=O) groups excluding carboxylic acids is 2. The summed E-state index contributed by atoms with van der Waals surface area (Å²) in [7, 11) is 3.43. The number of anilines is 1. The lowest BCUT2D eigenvalue weighted by molar-refractivity contribution is -0.122. The Morgan fingerprint density at radius 1 is 1.25 bits per heavy atom. The molecule has 1 aromatic rings. The molecule has 20 heavy (non-hydrogen) atoms. The number of aryl methyl sites for hydroxylation is 1. The van der Waals surface area contributed by atoms with Gasteiger partial charge < -0.3 is 10.6 Å². The van der Waals surface area contributed by atoms with Crippen molar-refractivity contribution in [1.29, 1.82) is 0 Å². The van der Waals surface area contributed by atoms with Gasteiger partial charge in [-0.05, 0) is 31.2 Å². The molecule has 5 nitrogen and oxygen atoms in total. The zero-order valence-electron chi connectivity index (χ0n) is 12.4. The molecule has 0 aromatic heterocycles. The molecule has 1 rings (SSSR count). The fraction of sp³-hybridized carbons (Fsp3) is 0.467. The molecule has 0 saturated heterocycles. The summed E-state index contributed by atoms with van der Waals surface area (Å²) in [5, 5.41) is 5.43. The Bertz CT molecular complexity index is 460. The number of amides is 2. The molecule has 0 saturated carbocycles. The number of benzene rings is 1. The number of rotatable bonds is 7. The normalized spacial score (nSPS) is 10.4. The Balaban J connectivity index is 2.40. The molecule has 0 aliphatic carbocycles. The van der Waals surface area contributed by atoms with Crippen molar-refractivity contribution in [2.45, 2.75) is 19.8 Å². The Hall–Kier alpha value is -1.88. The second-order valence-electron chi connectivity index (χ2n) is 4.76. The molecule has 0 aliphatic heterocycles. The van der Waals surface area contributed by atoms with Crippen molar-refractivity contribution in [2.75, 3.05) is 32.5 Å². The highest BCUT2D eigenvalue weighted by Gasteiger charge is 2.08. The van der Waals surface area contributed by atoms with Gasteiger partial charge in [0.1, 0.15) is 0 Å². The summed E-state index contributed by atoms with van der Waals surface area (Å²) in [4.78, 5) is 24.8. The number of hydrogen-bond donors (Lipinski definition) is 2. The van der Waals surface area contributed by atoms with E-state index in [1.807, 2.05) is 36.2 Å². The first kappa shape index (κ1) is 16.2. The maximum absolute atomic E-state index is 11.9. The Morgan fingerprint density at radius 2 is 2.00 bits per heavy atom. The van der Waals surface area contributed by atoms with E-state index >= 15 is 0 Å². The third kappa shape index (κ3) is 5.84. The van der Waals surface area contributed by atoms with E-state index in [0.29, 0.717) is 13.0 Å². The average molecular weight is 277 g/mol. The van der Waals surface area contributed by atoms with Crippen LogP contribution in [-0.2, 0) is 16.0 Å². The molecular weight excluding hydrogens is 254 g/mol. The van der Waals surface area contributed by atoms with Gasteiger partial charge in [0.25, 0.3) is 0 Å². The average Bonchev–Trinajstić information content (AvgIpc) is 2.44. The van der Waals surface area contributed by atoms with E-state index in [0.717, 1.165) is 12.1 Å². The first-order chi connectivity index (χ1) is 9.55. The first-order valence-corrected chi connectivity index (χ1v) is 6.83. The van der Waals surface area contributed by atoms with Gasteiger partial charge in [0.2, 0.25) is 11.8 Å². The van der Waals surface area contributed by atoms with Gasteiger partial charge in [-0.1, -0.05) is 19.1 Å². The molecule has 0 radical (unpaired) electrons. The standard InChI is InChI=1S/C15H23N3O2/c1-4-12-6-5-7-13(10-12)17-15(20)11-18(3)9-8-14(19)16-2/h5-7,10H,4,8-9,11H2,1-3H3,(H,16,19)(H,17,20). The molecule has 5 heteroatoms. The van der Waals surface area contributed by atoms with Crippen LogP contribution in [0.15, 0.2) is 24.3 Å². The summed E-state index contributed by atoms with van der Waals surface area (Å²) in [6.45, 7) is 2.91. The highest BCUT2D eigenvalue weighted by Crippen LogP contribution is 2.10. The summed E-state index contributed by atoms with van der Waals surface area (Å²) in [5.41, 5.74) is 2.00. The molecule has 0 spiro atoms. The van der Waals surface area contributed by atoms with Crippen LogP contribution in [0.1, 0.15) is 18.9 Å². The first-order valence-electron chi connectivity index (χ1n) is 6.83. The van der Waals surface area contributed by atoms with Gasteiger partial charge in [0.15, 0.2) is 0 Å². The van der Waals surface area contributed by atoms with Crippen molar-refractivity contribution < 1.29 is 9.59 Å². The van der Waals surface area contributed by atoms with Crippen LogP contribution < -0.4 is 10.6 Å². The number of likely N-dealkylation sites (N-methyl/N-ethyl adjacent to an activating group) is 1. The van der Waals surface area contributed by atoms with E-state index in [-0.39, 0.29) is 18.4 Å². The predicted octanol–water partition coefficient (Wildman–Crippen LogP) is 1.26. The molecule has 2 N–H and O–H groups in total. The van der Waals surface area contributed by atoms with Crippen molar-refractivity contribution in [3.8, 4) is 0 Å². The number of nitrogens with zero attached hydrogens (tertiary/aromatic N) is 1. The van der Waals surface area contributed by atoms with E-state index in [1.54, 1.807) is 7.05 Å². The highest BCUT2D eigenvalue weighted by atomic mass is 16.2. The van der Waals surface area contributed by atoms with Crippen LogP contribution in [0, 0.1) is 0 Å². The Morgan fingerprint density at radius 3 is 2.65 bits per heavy atom. The van der Waals surface area contributed by atoms with Gasteiger partial charge in [0, 0.05) is 25.7 Å². The lowest BCUT2D eigenvalue weighted by Crippen LogP contribution is -2.33. The van der Waals surface area contributed by atoms with Crippen molar-refractivity contribution in [1.82, 2.24) is 10.2 Å². The lowest BCUT2D eigenvalue weighted by atomic mass is 10.1. The van der Waals surface area contributed by atoms with E-state index in [9.17, 15) is 9.59 Å². The molecular formula is C15H23N3O2. The zero-order valence-corrected chi connectivity index (χ0v) is 12.4. The summed E-state index contributed by atoms with van der Waals surface area (Å²) in [6, 6.07) is 7.82. The summed E-state index contributed by atoms with van der Waals surface area (Å²) in [6.07, 6.45) is 1.33. The van der Waals surface area contributed by atoms with Crippen molar-refractivity contribution in [3.63, 3.8) is 0 Å². The number of carbonyl (C=O) groups is 2. The molecule has 0 atom stereocenters. The molecule has 2 amide bonds. The van der Waals surface area contributed by atoms with Gasteiger partial charge in [-0.15, -0.1) is 0 Å². The monoisotopic (exact) mass is 277 g/mol. The lowest BCUT2D eigenvalue weighted by Gasteiger charge is -2.15. The number of hydrogen-bond acceptors (Lipinski definition) is 3. The van der Waals surface area contributed by atoms with Gasteiger partial charge >= 0.3 is 0 Å². The Kier molecular flexibility index (Phi) is 6.73. The Labute approximate surface area is 120 Å². The largest absolute Gasteiger partial charge is 0.359 e. The van der Waals surface area contributed by atoms with Crippen molar-refractivity contribution in [2.24, 2.45) is 0 Å².